The molecule has 3 aromatic rings. The number of hydrogen-bond acceptors (Lipinski definition) is 4. The van der Waals surface area contributed by atoms with E-state index < -0.39 is 0 Å². The van der Waals surface area contributed by atoms with Crippen LogP contribution >= 0.6 is 0 Å². The number of aryl methyl sites for hydroxylation is 2. The number of carbonyl (C=O) groups excluding carboxylic acids is 1. The van der Waals surface area contributed by atoms with Gasteiger partial charge in [-0.2, -0.15) is 0 Å². The van der Waals surface area contributed by atoms with E-state index in [1.165, 1.54) is 0 Å². The number of rotatable bonds is 4. The van der Waals surface area contributed by atoms with Crippen LogP contribution in [0.4, 0.5) is 5.69 Å². The van der Waals surface area contributed by atoms with Gasteiger partial charge in [0.15, 0.2) is 6.61 Å². The van der Waals surface area contributed by atoms with Gasteiger partial charge in [-0.05, 0) is 56.0 Å². The first-order valence-corrected chi connectivity index (χ1v) is 8.69. The average Bonchev–Trinajstić information content (AvgIpc) is 3.13. The smallest absolute Gasteiger partial charge is 0.339 e. The van der Waals surface area contributed by atoms with Crippen molar-refractivity contribution in [2.24, 2.45) is 0 Å². The SMILES string of the molecule is Cc1c(OCC(=O)Nc2ccccc2)ccc2c3c(c(=O)oc12)CCC3. The zero-order chi connectivity index (χ0) is 18.1. The first-order valence-electron chi connectivity index (χ1n) is 8.69. The van der Waals surface area contributed by atoms with Crippen LogP contribution in [-0.2, 0) is 17.6 Å². The minimum atomic E-state index is -0.257. The Morgan fingerprint density at radius 2 is 1.88 bits per heavy atom. The number of para-hydroxylation sites is 1. The van der Waals surface area contributed by atoms with Crippen molar-refractivity contribution in [3.63, 3.8) is 0 Å². The van der Waals surface area contributed by atoms with Crippen molar-refractivity contribution in [1.29, 1.82) is 0 Å². The van der Waals surface area contributed by atoms with E-state index in [4.69, 9.17) is 9.15 Å². The topological polar surface area (TPSA) is 68.5 Å². The first kappa shape index (κ1) is 16.4. The second kappa shape index (κ2) is 6.67. The molecule has 0 aliphatic heterocycles. The fraction of sp³-hybridized carbons (Fsp3) is 0.238. The maximum Gasteiger partial charge on any atom is 0.339 e. The molecule has 1 amide bonds. The molecule has 0 radical (unpaired) electrons. The number of nitrogens with one attached hydrogen (secondary N) is 1. The molecule has 4 rings (SSSR count). The summed E-state index contributed by atoms with van der Waals surface area (Å²) in [4.78, 5) is 24.2. The molecule has 0 fully saturated rings. The second-order valence-corrected chi connectivity index (χ2v) is 6.47. The summed E-state index contributed by atoms with van der Waals surface area (Å²) in [6.45, 7) is 1.73. The van der Waals surface area contributed by atoms with Gasteiger partial charge in [0.05, 0.1) is 0 Å². The molecule has 0 atom stereocenters. The number of benzene rings is 2. The van der Waals surface area contributed by atoms with Crippen LogP contribution in [0.25, 0.3) is 11.0 Å². The van der Waals surface area contributed by atoms with Gasteiger partial charge in [0, 0.05) is 22.2 Å². The Bertz CT molecular complexity index is 1040. The van der Waals surface area contributed by atoms with Crippen molar-refractivity contribution >= 4 is 22.6 Å². The summed E-state index contributed by atoms with van der Waals surface area (Å²) in [5.41, 5.74) is 3.64. The Hall–Kier alpha value is -3.08. The minimum absolute atomic E-state index is 0.115. The predicted molar refractivity (Wildman–Crippen MR) is 99.8 cm³/mol. The molecule has 1 N–H and O–H groups in total. The monoisotopic (exact) mass is 349 g/mol. The van der Waals surface area contributed by atoms with Gasteiger partial charge in [-0.1, -0.05) is 18.2 Å². The standard InChI is InChI=1S/C21H19NO4/c1-13-18(25-12-19(23)22-14-6-3-2-4-7-14)11-10-16-15-8-5-9-17(15)21(24)26-20(13)16/h2-4,6-7,10-11H,5,8-9,12H2,1H3,(H,22,23). The number of fused-ring (bicyclic) bond motifs is 3. The normalized spacial score (nSPS) is 12.8. The fourth-order valence-corrected chi connectivity index (χ4v) is 3.48. The van der Waals surface area contributed by atoms with E-state index in [1.807, 2.05) is 49.4 Å². The highest BCUT2D eigenvalue weighted by molar-refractivity contribution is 5.92. The van der Waals surface area contributed by atoms with E-state index in [9.17, 15) is 9.59 Å². The molecule has 5 heteroatoms. The van der Waals surface area contributed by atoms with Crippen LogP contribution in [0.1, 0.15) is 23.1 Å². The Morgan fingerprint density at radius 3 is 2.69 bits per heavy atom. The molecule has 0 bridgehead atoms. The molecule has 0 saturated carbocycles. The lowest BCUT2D eigenvalue weighted by atomic mass is 10.0. The molecule has 1 aliphatic rings. The van der Waals surface area contributed by atoms with Crippen molar-refractivity contribution in [1.82, 2.24) is 0 Å². The summed E-state index contributed by atoms with van der Waals surface area (Å²) in [5, 5.41) is 3.74. The molecule has 1 aromatic heterocycles. The molecule has 0 unspecified atom stereocenters. The summed E-state index contributed by atoms with van der Waals surface area (Å²) in [6, 6.07) is 13.0. The van der Waals surface area contributed by atoms with Gasteiger partial charge in [-0.3, -0.25) is 4.79 Å². The van der Waals surface area contributed by atoms with Gasteiger partial charge in [0.2, 0.25) is 0 Å². The van der Waals surface area contributed by atoms with Gasteiger partial charge in [-0.25, -0.2) is 4.79 Å². The Morgan fingerprint density at radius 1 is 1.12 bits per heavy atom. The van der Waals surface area contributed by atoms with Crippen LogP contribution in [0.5, 0.6) is 5.75 Å². The lowest BCUT2D eigenvalue weighted by Crippen LogP contribution is -2.20. The van der Waals surface area contributed by atoms with E-state index in [0.29, 0.717) is 11.3 Å². The van der Waals surface area contributed by atoms with Crippen molar-refractivity contribution in [3.8, 4) is 5.75 Å². The van der Waals surface area contributed by atoms with Crippen LogP contribution in [0.3, 0.4) is 0 Å². The molecule has 2 aromatic carbocycles. The quantitative estimate of drug-likeness (QED) is 0.731. The van der Waals surface area contributed by atoms with Crippen LogP contribution in [-0.4, -0.2) is 12.5 Å². The largest absolute Gasteiger partial charge is 0.483 e. The first-order chi connectivity index (χ1) is 12.6. The highest BCUT2D eigenvalue weighted by atomic mass is 16.5. The lowest BCUT2D eigenvalue weighted by molar-refractivity contribution is -0.118. The van der Waals surface area contributed by atoms with E-state index in [0.717, 1.165) is 47.0 Å². The summed E-state index contributed by atoms with van der Waals surface area (Å²) < 4.78 is 11.2. The lowest BCUT2D eigenvalue weighted by Gasteiger charge is -2.12. The highest BCUT2D eigenvalue weighted by Crippen LogP contribution is 2.32. The minimum Gasteiger partial charge on any atom is -0.483 e. The molecule has 0 saturated heterocycles. The fourth-order valence-electron chi connectivity index (χ4n) is 3.48. The highest BCUT2D eigenvalue weighted by Gasteiger charge is 2.21. The zero-order valence-corrected chi connectivity index (χ0v) is 14.5. The van der Waals surface area contributed by atoms with E-state index in [-0.39, 0.29) is 18.1 Å². The van der Waals surface area contributed by atoms with Gasteiger partial charge >= 0.3 is 5.63 Å². The van der Waals surface area contributed by atoms with Crippen molar-refractivity contribution in [3.05, 3.63) is 69.6 Å². The third kappa shape index (κ3) is 2.96. The van der Waals surface area contributed by atoms with Gasteiger partial charge in [-0.15, -0.1) is 0 Å². The molecular formula is C21H19NO4. The third-order valence-electron chi connectivity index (χ3n) is 4.76. The van der Waals surface area contributed by atoms with Gasteiger partial charge < -0.3 is 14.5 Å². The number of anilines is 1. The number of ether oxygens (including phenoxy) is 1. The van der Waals surface area contributed by atoms with E-state index >= 15 is 0 Å². The molecule has 0 spiro atoms. The number of hydrogen-bond donors (Lipinski definition) is 1. The maximum absolute atomic E-state index is 12.2. The van der Waals surface area contributed by atoms with E-state index in [1.54, 1.807) is 0 Å². The van der Waals surface area contributed by atoms with Crippen LogP contribution in [0.2, 0.25) is 0 Å². The molecule has 1 heterocycles. The maximum atomic E-state index is 12.2. The van der Waals surface area contributed by atoms with Crippen LogP contribution in [0.15, 0.2) is 51.7 Å². The molecule has 26 heavy (non-hydrogen) atoms. The summed E-state index contributed by atoms with van der Waals surface area (Å²) in [7, 11) is 0. The van der Waals surface area contributed by atoms with Crippen molar-refractivity contribution < 1.29 is 13.9 Å². The van der Waals surface area contributed by atoms with Crippen LogP contribution < -0.4 is 15.7 Å². The van der Waals surface area contributed by atoms with Crippen molar-refractivity contribution in [2.45, 2.75) is 26.2 Å². The number of carbonyl (C=O) groups is 1. The predicted octanol–water partition coefficient (Wildman–Crippen LogP) is 3.61. The molecule has 5 nitrogen and oxygen atoms in total. The van der Waals surface area contributed by atoms with Gasteiger partial charge in [0.1, 0.15) is 11.3 Å². The summed E-state index contributed by atoms with van der Waals surface area (Å²) >= 11 is 0. The Balaban J connectivity index is 1.56. The van der Waals surface area contributed by atoms with Crippen LogP contribution in [0, 0.1) is 6.92 Å². The van der Waals surface area contributed by atoms with Crippen molar-refractivity contribution in [2.75, 3.05) is 11.9 Å². The second-order valence-electron chi connectivity index (χ2n) is 6.47. The summed E-state index contributed by atoms with van der Waals surface area (Å²) in [6.07, 6.45) is 2.66. The average molecular weight is 349 g/mol. The number of amides is 1. The molecule has 1 aliphatic carbocycles. The zero-order valence-electron chi connectivity index (χ0n) is 14.5. The third-order valence-corrected chi connectivity index (χ3v) is 4.76. The van der Waals surface area contributed by atoms with Gasteiger partial charge in [0.25, 0.3) is 5.91 Å². The van der Waals surface area contributed by atoms with E-state index in [2.05, 4.69) is 5.32 Å². The summed E-state index contributed by atoms with van der Waals surface area (Å²) in [5.74, 6) is 0.299. The molecule has 132 valence electrons. The Kier molecular flexibility index (Phi) is 4.21. The molecular weight excluding hydrogens is 330 g/mol. The Labute approximate surface area is 150 Å².